The molecule has 0 aliphatic carbocycles. The van der Waals surface area contributed by atoms with Crippen molar-refractivity contribution in [3.63, 3.8) is 0 Å². The molecule has 4 heteroatoms. The monoisotopic (exact) mass is 356 g/mol. The summed E-state index contributed by atoms with van der Waals surface area (Å²) in [5.74, 6) is 7.87. The summed E-state index contributed by atoms with van der Waals surface area (Å²) >= 11 is 0. The highest BCUT2D eigenvalue weighted by molar-refractivity contribution is 5.20. The van der Waals surface area contributed by atoms with Gasteiger partial charge in [-0.05, 0) is 51.4 Å². The zero-order valence-electron chi connectivity index (χ0n) is 17.5. The second-order valence-electron chi connectivity index (χ2n) is 7.99. The van der Waals surface area contributed by atoms with Crippen LogP contribution < -0.4 is 0 Å². The van der Waals surface area contributed by atoms with Crippen molar-refractivity contribution < 1.29 is 19.3 Å². The Labute approximate surface area is 155 Å². The molecule has 0 heterocycles. The zero-order valence-corrected chi connectivity index (χ0v) is 17.5. The molecule has 0 bridgehead atoms. The molecule has 0 fully saturated rings. The Bertz CT molecular complexity index is 396. The van der Waals surface area contributed by atoms with Gasteiger partial charge in [0.05, 0.1) is 26.4 Å². The van der Waals surface area contributed by atoms with Crippen LogP contribution in [0, 0.1) is 23.7 Å². The molecule has 0 aliphatic rings. The molecule has 2 atom stereocenters. The topological polar surface area (TPSA) is 47.9 Å². The van der Waals surface area contributed by atoms with E-state index in [2.05, 4.69) is 39.5 Å². The molecule has 1 N–H and O–H groups in total. The minimum Gasteiger partial charge on any atom is -0.394 e. The van der Waals surface area contributed by atoms with Gasteiger partial charge in [-0.3, -0.25) is 0 Å². The van der Waals surface area contributed by atoms with E-state index in [1.807, 2.05) is 13.8 Å². The Hall–Kier alpha value is -0.600. The van der Waals surface area contributed by atoms with Gasteiger partial charge in [0.1, 0.15) is 11.2 Å². The molecule has 0 aromatic heterocycles. The molecule has 0 spiro atoms. The van der Waals surface area contributed by atoms with Gasteiger partial charge in [0.15, 0.2) is 0 Å². The molecule has 2 unspecified atom stereocenters. The smallest absolute Gasteiger partial charge is 0.126 e. The van der Waals surface area contributed by atoms with Gasteiger partial charge >= 0.3 is 0 Å². The molecule has 25 heavy (non-hydrogen) atoms. The van der Waals surface area contributed by atoms with E-state index in [1.54, 1.807) is 7.11 Å². The van der Waals surface area contributed by atoms with Crippen LogP contribution in [0.5, 0.6) is 0 Å². The van der Waals surface area contributed by atoms with Crippen LogP contribution in [-0.4, -0.2) is 49.8 Å². The largest absolute Gasteiger partial charge is 0.394 e. The third-order valence-corrected chi connectivity index (χ3v) is 4.21. The summed E-state index contributed by atoms with van der Waals surface area (Å²) in [5.41, 5.74) is -1.07. The molecular formula is C21H40O4. The van der Waals surface area contributed by atoms with Gasteiger partial charge in [-0.25, -0.2) is 0 Å². The second kappa shape index (κ2) is 12.7. The second-order valence-corrected chi connectivity index (χ2v) is 7.99. The fourth-order valence-corrected chi connectivity index (χ4v) is 2.36. The van der Waals surface area contributed by atoms with Crippen molar-refractivity contribution in [2.45, 2.75) is 78.4 Å². The van der Waals surface area contributed by atoms with E-state index < -0.39 is 11.2 Å². The van der Waals surface area contributed by atoms with Crippen LogP contribution in [0.15, 0.2) is 0 Å². The van der Waals surface area contributed by atoms with Crippen molar-refractivity contribution in [2.24, 2.45) is 11.8 Å². The zero-order chi connectivity index (χ0) is 19.3. The Kier molecular flexibility index (Phi) is 12.4. The van der Waals surface area contributed by atoms with Gasteiger partial charge in [-0.2, -0.15) is 0 Å². The number of aliphatic hydroxyl groups is 1. The van der Waals surface area contributed by atoms with Crippen molar-refractivity contribution in [2.75, 3.05) is 33.5 Å². The minimum absolute atomic E-state index is 0.00784. The fourth-order valence-electron chi connectivity index (χ4n) is 2.36. The SMILES string of the molecule is COCCOC(C)(C#CC(C)(CCC(C)C)OCCO)CCC(C)C. The fraction of sp³-hybridized carbons (Fsp3) is 0.905. The maximum absolute atomic E-state index is 9.11. The lowest BCUT2D eigenvalue weighted by Gasteiger charge is -2.28. The van der Waals surface area contributed by atoms with Gasteiger partial charge in [0, 0.05) is 7.11 Å². The molecule has 0 radical (unpaired) electrons. The van der Waals surface area contributed by atoms with Crippen molar-refractivity contribution >= 4 is 0 Å². The lowest BCUT2D eigenvalue weighted by Crippen LogP contribution is -2.33. The number of hydrogen-bond donors (Lipinski definition) is 1. The maximum Gasteiger partial charge on any atom is 0.126 e. The summed E-state index contributed by atoms with van der Waals surface area (Å²) in [5, 5.41) is 9.11. The van der Waals surface area contributed by atoms with E-state index in [0.717, 1.165) is 25.7 Å². The van der Waals surface area contributed by atoms with Crippen LogP contribution in [0.2, 0.25) is 0 Å². The summed E-state index contributed by atoms with van der Waals surface area (Å²) in [6.45, 7) is 14.3. The molecule has 4 nitrogen and oxygen atoms in total. The van der Waals surface area contributed by atoms with E-state index in [9.17, 15) is 0 Å². The van der Waals surface area contributed by atoms with Gasteiger partial charge in [0.2, 0.25) is 0 Å². The lowest BCUT2D eigenvalue weighted by molar-refractivity contribution is -0.0257. The molecule has 0 aromatic rings. The third-order valence-electron chi connectivity index (χ3n) is 4.21. The number of hydrogen-bond acceptors (Lipinski definition) is 4. The third kappa shape index (κ3) is 12.4. The number of ether oxygens (including phenoxy) is 3. The van der Waals surface area contributed by atoms with Crippen LogP contribution in [0.25, 0.3) is 0 Å². The predicted octanol–water partition coefficient (Wildman–Crippen LogP) is 4.05. The number of rotatable bonds is 13. The molecule has 0 amide bonds. The Morgan fingerprint density at radius 3 is 1.60 bits per heavy atom. The Morgan fingerprint density at radius 2 is 1.24 bits per heavy atom. The maximum atomic E-state index is 9.11. The minimum atomic E-state index is -0.559. The summed E-state index contributed by atoms with van der Waals surface area (Å²) in [6, 6.07) is 0. The van der Waals surface area contributed by atoms with Gasteiger partial charge in [-0.1, -0.05) is 39.5 Å². The normalized spacial score (nSPS) is 16.4. The van der Waals surface area contributed by atoms with Crippen molar-refractivity contribution in [3.8, 4) is 11.8 Å². The highest BCUT2D eigenvalue weighted by Gasteiger charge is 2.27. The van der Waals surface area contributed by atoms with Crippen LogP contribution in [0.3, 0.4) is 0 Å². The van der Waals surface area contributed by atoms with Crippen LogP contribution in [0.4, 0.5) is 0 Å². The molecule has 0 saturated heterocycles. The van der Waals surface area contributed by atoms with Crippen LogP contribution in [0.1, 0.15) is 67.2 Å². The van der Waals surface area contributed by atoms with E-state index in [4.69, 9.17) is 19.3 Å². The average molecular weight is 357 g/mol. The summed E-state index contributed by atoms with van der Waals surface area (Å²) in [4.78, 5) is 0. The van der Waals surface area contributed by atoms with Gasteiger partial charge < -0.3 is 19.3 Å². The van der Waals surface area contributed by atoms with E-state index in [1.165, 1.54) is 0 Å². The quantitative estimate of drug-likeness (QED) is 0.399. The molecule has 0 rings (SSSR count). The first kappa shape index (κ1) is 24.4. The molecule has 148 valence electrons. The molecule has 0 aromatic carbocycles. The molecular weight excluding hydrogens is 316 g/mol. The van der Waals surface area contributed by atoms with E-state index >= 15 is 0 Å². The van der Waals surface area contributed by atoms with Crippen LogP contribution >= 0.6 is 0 Å². The Morgan fingerprint density at radius 1 is 0.800 bits per heavy atom. The van der Waals surface area contributed by atoms with E-state index in [0.29, 0.717) is 31.7 Å². The standard InChI is InChI=1S/C21H40O4/c1-18(2)8-10-20(5,24-15-14-22)12-13-21(6,11-9-19(3)4)25-17-16-23-7/h18-19,22H,8-11,14-17H2,1-7H3. The highest BCUT2D eigenvalue weighted by atomic mass is 16.5. The first-order chi connectivity index (χ1) is 11.7. The number of aliphatic hydroxyl groups excluding tert-OH is 1. The molecule has 0 aliphatic heterocycles. The summed E-state index contributed by atoms with van der Waals surface area (Å²) in [6.07, 6.45) is 3.81. The van der Waals surface area contributed by atoms with Crippen molar-refractivity contribution in [1.29, 1.82) is 0 Å². The number of methoxy groups -OCH3 is 1. The lowest BCUT2D eigenvalue weighted by atomic mass is 9.91. The first-order valence-electron chi connectivity index (χ1n) is 9.58. The van der Waals surface area contributed by atoms with Gasteiger partial charge in [-0.15, -0.1) is 0 Å². The highest BCUT2D eigenvalue weighted by Crippen LogP contribution is 2.24. The van der Waals surface area contributed by atoms with Crippen LogP contribution in [-0.2, 0) is 14.2 Å². The molecule has 0 saturated carbocycles. The Balaban J connectivity index is 5.20. The van der Waals surface area contributed by atoms with Crippen molar-refractivity contribution in [3.05, 3.63) is 0 Å². The van der Waals surface area contributed by atoms with Gasteiger partial charge in [0.25, 0.3) is 0 Å². The van der Waals surface area contributed by atoms with E-state index in [-0.39, 0.29) is 6.61 Å². The first-order valence-corrected chi connectivity index (χ1v) is 9.58. The van der Waals surface area contributed by atoms with Crippen molar-refractivity contribution in [1.82, 2.24) is 0 Å². The summed E-state index contributed by atoms with van der Waals surface area (Å²) < 4.78 is 17.0. The average Bonchev–Trinajstić information content (AvgIpc) is 2.55. The predicted molar refractivity (Wildman–Crippen MR) is 104 cm³/mol. The summed E-state index contributed by atoms with van der Waals surface area (Å²) in [7, 11) is 1.67.